The molecule has 3 rings (SSSR count). The minimum Gasteiger partial charge on any atom is -0.349 e. The van der Waals surface area contributed by atoms with Crippen LogP contribution in [0.25, 0.3) is 0 Å². The van der Waals surface area contributed by atoms with Gasteiger partial charge in [-0.05, 0) is 44.9 Å². The number of benzene rings is 1. The standard InChI is InChI=1S/C18H23ClN2O4S/c1-18(2)11-26(24,25)21(17(18)23)15-10-12(8-9-14(15)19)16(22)20-13-6-4-3-5-7-13/h8-10,13H,3-7,11H2,1-2H3,(H,20,22). The van der Waals surface area contributed by atoms with Gasteiger partial charge in [0.2, 0.25) is 15.9 Å². The highest BCUT2D eigenvalue weighted by Crippen LogP contribution is 2.39. The molecule has 8 heteroatoms. The molecule has 6 nitrogen and oxygen atoms in total. The van der Waals surface area contributed by atoms with Gasteiger partial charge in [-0.1, -0.05) is 30.9 Å². The summed E-state index contributed by atoms with van der Waals surface area (Å²) in [7, 11) is -3.82. The first-order chi connectivity index (χ1) is 12.1. The largest absolute Gasteiger partial charge is 0.349 e. The lowest BCUT2D eigenvalue weighted by atomic mass is 9.95. The highest BCUT2D eigenvalue weighted by atomic mass is 35.5. The number of anilines is 1. The second-order valence-electron chi connectivity index (χ2n) is 7.68. The molecule has 1 saturated carbocycles. The van der Waals surface area contributed by atoms with Crippen LogP contribution in [-0.2, 0) is 14.8 Å². The predicted molar refractivity (Wildman–Crippen MR) is 101 cm³/mol. The Hall–Kier alpha value is -1.60. The van der Waals surface area contributed by atoms with E-state index in [1.54, 1.807) is 19.9 Å². The van der Waals surface area contributed by atoms with Gasteiger partial charge >= 0.3 is 0 Å². The Morgan fingerprint density at radius 2 is 1.88 bits per heavy atom. The van der Waals surface area contributed by atoms with Gasteiger partial charge in [-0.15, -0.1) is 0 Å². The van der Waals surface area contributed by atoms with Crippen LogP contribution in [0.15, 0.2) is 18.2 Å². The van der Waals surface area contributed by atoms with E-state index < -0.39 is 21.3 Å². The van der Waals surface area contributed by atoms with Crippen molar-refractivity contribution in [2.24, 2.45) is 5.41 Å². The van der Waals surface area contributed by atoms with E-state index >= 15 is 0 Å². The lowest BCUT2D eigenvalue weighted by Gasteiger charge is -2.23. The lowest BCUT2D eigenvalue weighted by Crippen LogP contribution is -2.36. The molecule has 1 aromatic carbocycles. The van der Waals surface area contributed by atoms with Gasteiger partial charge in [0.05, 0.1) is 21.9 Å². The number of carbonyl (C=O) groups is 2. The third-order valence-electron chi connectivity index (χ3n) is 4.95. The Labute approximate surface area is 158 Å². The number of amides is 2. The van der Waals surface area contributed by atoms with Crippen molar-refractivity contribution >= 4 is 39.1 Å². The van der Waals surface area contributed by atoms with Gasteiger partial charge in [-0.3, -0.25) is 9.59 Å². The average Bonchev–Trinajstić information content (AvgIpc) is 2.72. The number of rotatable bonds is 3. The van der Waals surface area contributed by atoms with Crippen LogP contribution in [0.3, 0.4) is 0 Å². The SMILES string of the molecule is CC1(C)CS(=O)(=O)N(c2cc(C(=O)NC3CCCCC3)ccc2Cl)C1=O. The minimum atomic E-state index is -3.82. The van der Waals surface area contributed by atoms with Crippen molar-refractivity contribution < 1.29 is 18.0 Å². The number of nitrogens with zero attached hydrogens (tertiary/aromatic N) is 1. The smallest absolute Gasteiger partial charge is 0.251 e. The summed E-state index contributed by atoms with van der Waals surface area (Å²) in [5.74, 6) is -1.10. The Kier molecular flexibility index (Phi) is 5.05. The Bertz CT molecular complexity index is 845. The summed E-state index contributed by atoms with van der Waals surface area (Å²) in [6, 6.07) is 4.52. The Morgan fingerprint density at radius 1 is 1.23 bits per heavy atom. The second-order valence-corrected chi connectivity index (χ2v) is 9.91. The minimum absolute atomic E-state index is 0.0403. The van der Waals surface area contributed by atoms with E-state index in [-0.39, 0.29) is 28.4 Å². The third kappa shape index (κ3) is 3.60. The number of sulfonamides is 1. The van der Waals surface area contributed by atoms with E-state index in [1.165, 1.54) is 18.6 Å². The van der Waals surface area contributed by atoms with Crippen LogP contribution in [0.2, 0.25) is 5.02 Å². The maximum atomic E-state index is 12.6. The molecule has 2 amide bonds. The first kappa shape index (κ1) is 19.2. The van der Waals surface area contributed by atoms with Crippen LogP contribution < -0.4 is 9.62 Å². The van der Waals surface area contributed by atoms with Crippen molar-refractivity contribution in [3.05, 3.63) is 28.8 Å². The molecular weight excluding hydrogens is 376 g/mol. The quantitative estimate of drug-likeness (QED) is 0.847. The molecule has 1 N–H and O–H groups in total. The highest BCUT2D eigenvalue weighted by molar-refractivity contribution is 7.94. The monoisotopic (exact) mass is 398 g/mol. The van der Waals surface area contributed by atoms with Gasteiger partial charge in [-0.2, -0.15) is 0 Å². The molecule has 1 saturated heterocycles. The zero-order chi connectivity index (χ0) is 19.1. The van der Waals surface area contributed by atoms with E-state index in [9.17, 15) is 18.0 Å². The third-order valence-corrected chi connectivity index (χ3v) is 7.28. The summed E-state index contributed by atoms with van der Waals surface area (Å²) in [5.41, 5.74) is -0.691. The zero-order valence-electron chi connectivity index (χ0n) is 14.9. The van der Waals surface area contributed by atoms with Gasteiger partial charge in [0.15, 0.2) is 0 Å². The molecule has 0 radical (unpaired) electrons. The molecule has 1 aliphatic heterocycles. The number of hydrogen-bond donors (Lipinski definition) is 1. The van der Waals surface area contributed by atoms with E-state index in [1.807, 2.05) is 0 Å². The molecule has 1 heterocycles. The molecule has 1 aromatic rings. The number of halogens is 1. The van der Waals surface area contributed by atoms with Crippen molar-refractivity contribution in [1.82, 2.24) is 5.32 Å². The number of nitrogens with one attached hydrogen (secondary N) is 1. The fourth-order valence-corrected chi connectivity index (χ4v) is 5.94. The molecule has 0 spiro atoms. The van der Waals surface area contributed by atoms with Crippen molar-refractivity contribution in [3.63, 3.8) is 0 Å². The van der Waals surface area contributed by atoms with Crippen LogP contribution in [0.1, 0.15) is 56.3 Å². The Morgan fingerprint density at radius 3 is 2.46 bits per heavy atom. The first-order valence-electron chi connectivity index (χ1n) is 8.80. The summed E-state index contributed by atoms with van der Waals surface area (Å²) in [6.07, 6.45) is 5.25. The predicted octanol–water partition coefficient (Wildman–Crippen LogP) is 3.11. The molecule has 2 fully saturated rings. The molecule has 2 aliphatic rings. The van der Waals surface area contributed by atoms with Gasteiger partial charge in [0.25, 0.3) is 5.91 Å². The Balaban J connectivity index is 1.91. The van der Waals surface area contributed by atoms with E-state index in [4.69, 9.17) is 11.6 Å². The molecule has 0 bridgehead atoms. The van der Waals surface area contributed by atoms with Crippen LogP contribution in [0, 0.1) is 5.41 Å². The van der Waals surface area contributed by atoms with Gasteiger partial charge < -0.3 is 5.32 Å². The normalized spacial score (nSPS) is 22.4. The topological polar surface area (TPSA) is 83.6 Å². The maximum Gasteiger partial charge on any atom is 0.251 e. The molecule has 26 heavy (non-hydrogen) atoms. The lowest BCUT2D eigenvalue weighted by molar-refractivity contribution is -0.123. The van der Waals surface area contributed by atoms with Crippen molar-refractivity contribution in [1.29, 1.82) is 0 Å². The summed E-state index contributed by atoms with van der Waals surface area (Å²) < 4.78 is 25.7. The van der Waals surface area contributed by atoms with Crippen LogP contribution in [0.4, 0.5) is 5.69 Å². The van der Waals surface area contributed by atoms with Gasteiger partial charge in [-0.25, -0.2) is 12.7 Å². The molecule has 142 valence electrons. The van der Waals surface area contributed by atoms with E-state index in [0.717, 1.165) is 30.0 Å². The second kappa shape index (κ2) is 6.85. The summed E-state index contributed by atoms with van der Waals surface area (Å²) >= 11 is 6.17. The fourth-order valence-electron chi connectivity index (χ4n) is 3.57. The summed E-state index contributed by atoms with van der Waals surface area (Å²) in [6.45, 7) is 3.17. The maximum absolute atomic E-state index is 12.6. The first-order valence-corrected chi connectivity index (χ1v) is 10.8. The van der Waals surface area contributed by atoms with E-state index in [2.05, 4.69) is 5.32 Å². The molecule has 0 aromatic heterocycles. The van der Waals surface area contributed by atoms with Crippen molar-refractivity contribution in [2.75, 3.05) is 10.1 Å². The fraction of sp³-hybridized carbons (Fsp3) is 0.556. The zero-order valence-corrected chi connectivity index (χ0v) is 16.5. The van der Waals surface area contributed by atoms with Crippen molar-refractivity contribution in [3.8, 4) is 0 Å². The number of hydrogen-bond acceptors (Lipinski definition) is 4. The van der Waals surface area contributed by atoms with Gasteiger partial charge in [0.1, 0.15) is 0 Å². The summed E-state index contributed by atoms with van der Waals surface area (Å²) in [4.78, 5) is 25.1. The van der Waals surface area contributed by atoms with Crippen LogP contribution >= 0.6 is 11.6 Å². The average molecular weight is 399 g/mol. The van der Waals surface area contributed by atoms with Crippen LogP contribution in [0.5, 0.6) is 0 Å². The van der Waals surface area contributed by atoms with Crippen LogP contribution in [-0.4, -0.2) is 32.0 Å². The molecular formula is C18H23ClN2O4S. The molecule has 0 unspecified atom stereocenters. The van der Waals surface area contributed by atoms with E-state index in [0.29, 0.717) is 5.56 Å². The molecule has 1 aliphatic carbocycles. The number of carbonyl (C=O) groups excluding carboxylic acids is 2. The van der Waals surface area contributed by atoms with Crippen molar-refractivity contribution in [2.45, 2.75) is 52.0 Å². The highest BCUT2D eigenvalue weighted by Gasteiger charge is 2.50. The molecule has 0 atom stereocenters. The van der Waals surface area contributed by atoms with Gasteiger partial charge in [0, 0.05) is 11.6 Å². The summed E-state index contributed by atoms with van der Waals surface area (Å²) in [5, 5.41) is 3.10.